The molecule has 1 N–H and O–H groups in total. The van der Waals surface area contributed by atoms with Crippen molar-refractivity contribution in [2.45, 2.75) is 31.3 Å². The molecule has 0 bridgehead atoms. The van der Waals surface area contributed by atoms with Crippen LogP contribution >= 0.6 is 0 Å². The lowest BCUT2D eigenvalue weighted by Crippen LogP contribution is -2.15. The number of benzene rings is 1. The van der Waals surface area contributed by atoms with Gasteiger partial charge in [0, 0.05) is 0 Å². The van der Waals surface area contributed by atoms with Gasteiger partial charge in [-0.2, -0.15) is 0 Å². The summed E-state index contributed by atoms with van der Waals surface area (Å²) in [7, 11) is 0. The first-order valence-corrected chi connectivity index (χ1v) is 5.64. The molecular formula is C13H16O3. The maximum atomic E-state index is 10.4. The van der Waals surface area contributed by atoms with Gasteiger partial charge in [0.25, 0.3) is 0 Å². The zero-order valence-electron chi connectivity index (χ0n) is 9.13. The summed E-state index contributed by atoms with van der Waals surface area (Å²) in [6.07, 6.45) is 3.11. The van der Waals surface area contributed by atoms with Crippen LogP contribution in [0.4, 0.5) is 0 Å². The summed E-state index contributed by atoms with van der Waals surface area (Å²) in [5, 5.41) is 8.53. The van der Waals surface area contributed by atoms with Gasteiger partial charge in [0.15, 0.2) is 0 Å². The van der Waals surface area contributed by atoms with E-state index in [1.807, 2.05) is 18.2 Å². The predicted octanol–water partition coefficient (Wildman–Crippen LogP) is 2.42. The van der Waals surface area contributed by atoms with E-state index in [4.69, 9.17) is 9.84 Å². The lowest BCUT2D eigenvalue weighted by atomic mass is 9.98. The largest absolute Gasteiger partial charge is 0.480 e. The van der Waals surface area contributed by atoms with Crippen molar-refractivity contribution in [3.8, 4) is 0 Å². The Hall–Kier alpha value is -1.35. The van der Waals surface area contributed by atoms with Gasteiger partial charge in [-0.15, -0.1) is 0 Å². The molecule has 1 aliphatic rings. The molecule has 0 spiro atoms. The fourth-order valence-corrected chi connectivity index (χ4v) is 2.31. The van der Waals surface area contributed by atoms with Crippen LogP contribution < -0.4 is 0 Å². The summed E-state index contributed by atoms with van der Waals surface area (Å²) in [5.74, 6) is -0.358. The van der Waals surface area contributed by atoms with Crippen LogP contribution in [0.5, 0.6) is 0 Å². The molecule has 0 amide bonds. The van der Waals surface area contributed by atoms with Gasteiger partial charge in [0.1, 0.15) is 6.61 Å². The van der Waals surface area contributed by atoms with E-state index in [-0.39, 0.29) is 12.7 Å². The van der Waals surface area contributed by atoms with Crippen molar-refractivity contribution in [1.82, 2.24) is 0 Å². The Labute approximate surface area is 95.0 Å². The molecule has 3 heteroatoms. The second-order valence-electron chi connectivity index (χ2n) is 4.25. The Kier molecular flexibility index (Phi) is 3.57. The van der Waals surface area contributed by atoms with Crippen LogP contribution in [-0.4, -0.2) is 23.8 Å². The topological polar surface area (TPSA) is 46.5 Å². The van der Waals surface area contributed by atoms with Crippen molar-refractivity contribution in [3.05, 3.63) is 35.9 Å². The molecule has 2 unspecified atom stereocenters. The average molecular weight is 220 g/mol. The minimum Gasteiger partial charge on any atom is -0.480 e. The van der Waals surface area contributed by atoms with E-state index in [0.717, 1.165) is 19.3 Å². The Balaban J connectivity index is 1.86. The monoisotopic (exact) mass is 220 g/mol. The maximum Gasteiger partial charge on any atom is 0.329 e. The highest BCUT2D eigenvalue weighted by molar-refractivity contribution is 5.68. The second-order valence-corrected chi connectivity index (χ2v) is 4.25. The molecule has 0 aromatic heterocycles. The van der Waals surface area contributed by atoms with Crippen LogP contribution in [0.3, 0.4) is 0 Å². The lowest BCUT2D eigenvalue weighted by Gasteiger charge is -2.11. The van der Waals surface area contributed by atoms with Crippen LogP contribution in [0.2, 0.25) is 0 Å². The Morgan fingerprint density at radius 1 is 1.31 bits per heavy atom. The second kappa shape index (κ2) is 5.12. The van der Waals surface area contributed by atoms with Crippen LogP contribution in [0.1, 0.15) is 30.7 Å². The van der Waals surface area contributed by atoms with Crippen LogP contribution in [-0.2, 0) is 9.53 Å². The minimum atomic E-state index is -0.886. The number of carboxylic acids is 1. The minimum absolute atomic E-state index is 0.112. The van der Waals surface area contributed by atoms with Gasteiger partial charge in [-0.3, -0.25) is 0 Å². The normalized spacial score (nSPS) is 24.5. The zero-order valence-corrected chi connectivity index (χ0v) is 9.13. The average Bonchev–Trinajstić information content (AvgIpc) is 2.76. The molecular weight excluding hydrogens is 204 g/mol. The molecule has 2 rings (SSSR count). The Bertz CT molecular complexity index is 347. The molecule has 3 nitrogen and oxygen atoms in total. The SMILES string of the molecule is O=C(O)COC1CCC(c2ccccc2)C1. The number of hydrogen-bond acceptors (Lipinski definition) is 2. The third-order valence-corrected chi connectivity index (χ3v) is 3.10. The van der Waals surface area contributed by atoms with E-state index in [1.165, 1.54) is 5.56 Å². The fraction of sp³-hybridized carbons (Fsp3) is 0.462. The predicted molar refractivity (Wildman–Crippen MR) is 60.4 cm³/mol. The maximum absolute atomic E-state index is 10.4. The van der Waals surface area contributed by atoms with Crippen molar-refractivity contribution in [1.29, 1.82) is 0 Å². The van der Waals surface area contributed by atoms with E-state index in [2.05, 4.69) is 12.1 Å². The molecule has 1 aliphatic carbocycles. The molecule has 1 aromatic carbocycles. The Morgan fingerprint density at radius 3 is 2.75 bits per heavy atom. The summed E-state index contributed by atoms with van der Waals surface area (Å²) in [5.41, 5.74) is 1.34. The van der Waals surface area contributed by atoms with E-state index in [9.17, 15) is 4.79 Å². The van der Waals surface area contributed by atoms with Crippen molar-refractivity contribution < 1.29 is 14.6 Å². The van der Waals surface area contributed by atoms with Crippen molar-refractivity contribution in [2.24, 2.45) is 0 Å². The molecule has 1 fully saturated rings. The number of rotatable bonds is 4. The molecule has 0 radical (unpaired) electrons. The first-order chi connectivity index (χ1) is 7.75. The van der Waals surface area contributed by atoms with Gasteiger partial charge in [0.2, 0.25) is 0 Å². The van der Waals surface area contributed by atoms with E-state index < -0.39 is 5.97 Å². The molecule has 86 valence electrons. The molecule has 0 heterocycles. The molecule has 0 aliphatic heterocycles. The summed E-state index contributed by atoms with van der Waals surface area (Å²) in [6.45, 7) is -0.174. The van der Waals surface area contributed by atoms with Gasteiger partial charge < -0.3 is 9.84 Å². The van der Waals surface area contributed by atoms with Crippen molar-refractivity contribution >= 4 is 5.97 Å². The summed E-state index contributed by atoms with van der Waals surface area (Å²) < 4.78 is 5.32. The van der Waals surface area contributed by atoms with Crippen molar-refractivity contribution in [3.63, 3.8) is 0 Å². The number of aliphatic carboxylic acids is 1. The van der Waals surface area contributed by atoms with Gasteiger partial charge in [-0.25, -0.2) is 4.79 Å². The van der Waals surface area contributed by atoms with Crippen molar-refractivity contribution in [2.75, 3.05) is 6.61 Å². The standard InChI is InChI=1S/C13H16O3/c14-13(15)9-16-12-7-6-11(8-12)10-4-2-1-3-5-10/h1-5,11-12H,6-9H2,(H,14,15). The summed E-state index contributed by atoms with van der Waals surface area (Å²) in [4.78, 5) is 10.4. The molecule has 2 atom stereocenters. The molecule has 1 aromatic rings. The zero-order chi connectivity index (χ0) is 11.4. The van der Waals surface area contributed by atoms with E-state index in [1.54, 1.807) is 0 Å². The Morgan fingerprint density at radius 2 is 2.06 bits per heavy atom. The molecule has 0 saturated heterocycles. The number of ether oxygens (including phenoxy) is 1. The van der Waals surface area contributed by atoms with Crippen LogP contribution in [0.25, 0.3) is 0 Å². The van der Waals surface area contributed by atoms with E-state index in [0.29, 0.717) is 5.92 Å². The third kappa shape index (κ3) is 2.83. The van der Waals surface area contributed by atoms with Gasteiger partial charge in [0.05, 0.1) is 6.10 Å². The number of hydrogen-bond donors (Lipinski definition) is 1. The summed E-state index contributed by atoms with van der Waals surface area (Å²) in [6, 6.07) is 10.4. The smallest absolute Gasteiger partial charge is 0.329 e. The number of carbonyl (C=O) groups is 1. The highest BCUT2D eigenvalue weighted by Crippen LogP contribution is 2.35. The van der Waals surface area contributed by atoms with E-state index >= 15 is 0 Å². The highest BCUT2D eigenvalue weighted by Gasteiger charge is 2.26. The highest BCUT2D eigenvalue weighted by atomic mass is 16.5. The number of carboxylic acid groups (broad SMARTS) is 1. The lowest BCUT2D eigenvalue weighted by molar-refractivity contribution is -0.144. The van der Waals surface area contributed by atoms with Crippen LogP contribution in [0, 0.1) is 0 Å². The molecule has 16 heavy (non-hydrogen) atoms. The first kappa shape index (κ1) is 11.1. The third-order valence-electron chi connectivity index (χ3n) is 3.10. The molecule has 1 saturated carbocycles. The van der Waals surface area contributed by atoms with Gasteiger partial charge >= 0.3 is 5.97 Å². The quantitative estimate of drug-likeness (QED) is 0.847. The summed E-state index contributed by atoms with van der Waals surface area (Å²) >= 11 is 0. The van der Waals surface area contributed by atoms with Crippen LogP contribution in [0.15, 0.2) is 30.3 Å². The van der Waals surface area contributed by atoms with Gasteiger partial charge in [-0.1, -0.05) is 30.3 Å². The fourth-order valence-electron chi connectivity index (χ4n) is 2.31. The first-order valence-electron chi connectivity index (χ1n) is 5.64. The van der Waals surface area contributed by atoms with Gasteiger partial charge in [-0.05, 0) is 30.7 Å².